The lowest BCUT2D eigenvalue weighted by Crippen LogP contribution is -2.37. The summed E-state index contributed by atoms with van der Waals surface area (Å²) in [5.74, 6) is 0.127. The van der Waals surface area contributed by atoms with Crippen LogP contribution in [0.25, 0.3) is 0 Å². The molecule has 2 heterocycles. The van der Waals surface area contributed by atoms with Crippen LogP contribution in [0, 0.1) is 10.1 Å². The molecule has 7 heteroatoms. The van der Waals surface area contributed by atoms with E-state index in [-0.39, 0.29) is 21.9 Å². The fourth-order valence-corrected chi connectivity index (χ4v) is 2.87. The molecule has 1 aromatic heterocycles. The zero-order valence-electron chi connectivity index (χ0n) is 10.3. The van der Waals surface area contributed by atoms with Crippen molar-refractivity contribution in [2.75, 3.05) is 20.6 Å². The highest BCUT2D eigenvalue weighted by Gasteiger charge is 2.32. The number of nitrogens with zero attached hydrogens (tertiary/aromatic N) is 3. The van der Waals surface area contributed by atoms with E-state index in [4.69, 9.17) is 0 Å². The summed E-state index contributed by atoms with van der Waals surface area (Å²) in [4.78, 5) is 25.7. The Morgan fingerprint density at radius 2 is 2.39 bits per heavy atom. The molecule has 1 amide bonds. The van der Waals surface area contributed by atoms with Crippen LogP contribution in [-0.4, -0.2) is 47.3 Å². The number of likely N-dealkylation sites (N-methyl/N-ethyl adjacent to an activating group) is 2. The lowest BCUT2D eigenvalue weighted by atomic mass is 10.2. The molecule has 6 nitrogen and oxygen atoms in total. The summed E-state index contributed by atoms with van der Waals surface area (Å²) in [5.41, 5.74) is 0.886. The first-order valence-electron chi connectivity index (χ1n) is 5.66. The van der Waals surface area contributed by atoms with E-state index in [0.29, 0.717) is 6.54 Å². The first kappa shape index (κ1) is 13.0. The molecule has 1 unspecified atom stereocenters. The van der Waals surface area contributed by atoms with Crippen LogP contribution in [0.15, 0.2) is 11.4 Å². The fraction of sp³-hybridized carbons (Fsp3) is 0.545. The molecule has 0 aromatic carbocycles. The van der Waals surface area contributed by atoms with Crippen LogP contribution in [0.5, 0.6) is 0 Å². The predicted octanol–water partition coefficient (Wildman–Crippen LogP) is 1.32. The molecule has 0 N–H and O–H groups in total. The molecule has 1 aliphatic rings. The molecule has 2 rings (SSSR count). The number of thiophene rings is 1. The van der Waals surface area contributed by atoms with Gasteiger partial charge in [0.25, 0.3) is 0 Å². The van der Waals surface area contributed by atoms with Crippen LogP contribution in [0.1, 0.15) is 12.0 Å². The topological polar surface area (TPSA) is 66.7 Å². The predicted molar refractivity (Wildman–Crippen MR) is 68.5 cm³/mol. The average molecular weight is 269 g/mol. The molecule has 1 saturated heterocycles. The van der Waals surface area contributed by atoms with Gasteiger partial charge in [-0.25, -0.2) is 0 Å². The summed E-state index contributed by atoms with van der Waals surface area (Å²) in [6.45, 7) is 1.34. The van der Waals surface area contributed by atoms with Crippen LogP contribution in [-0.2, 0) is 11.3 Å². The number of rotatable bonds is 4. The highest BCUT2D eigenvalue weighted by molar-refractivity contribution is 7.13. The SMILES string of the molecule is CN1CCC(N(C)Cc2csc([N+](=O)[O-])c2)C1=O. The van der Waals surface area contributed by atoms with Crippen molar-refractivity contribution >= 4 is 22.2 Å². The van der Waals surface area contributed by atoms with Gasteiger partial charge in [0.2, 0.25) is 5.91 Å². The Labute approximate surface area is 109 Å². The van der Waals surface area contributed by atoms with Gasteiger partial charge in [-0.2, -0.15) is 0 Å². The second-order valence-electron chi connectivity index (χ2n) is 4.53. The van der Waals surface area contributed by atoms with Crippen molar-refractivity contribution in [1.82, 2.24) is 9.80 Å². The summed E-state index contributed by atoms with van der Waals surface area (Å²) >= 11 is 1.12. The van der Waals surface area contributed by atoms with E-state index in [9.17, 15) is 14.9 Å². The fourth-order valence-electron chi connectivity index (χ4n) is 2.15. The molecule has 0 spiro atoms. The minimum absolute atomic E-state index is 0.103. The molecule has 1 fully saturated rings. The van der Waals surface area contributed by atoms with Crippen molar-refractivity contribution in [1.29, 1.82) is 0 Å². The Hall–Kier alpha value is -1.47. The lowest BCUT2D eigenvalue weighted by molar-refractivity contribution is -0.380. The van der Waals surface area contributed by atoms with Gasteiger partial charge >= 0.3 is 5.00 Å². The second-order valence-corrected chi connectivity index (χ2v) is 5.42. The zero-order valence-corrected chi connectivity index (χ0v) is 11.1. The van der Waals surface area contributed by atoms with E-state index in [0.717, 1.165) is 29.9 Å². The van der Waals surface area contributed by atoms with Gasteiger partial charge in [-0.05, 0) is 19.0 Å². The molecular formula is C11H15N3O3S. The standard InChI is InChI=1S/C11H15N3O3S/c1-12-4-3-9(11(12)15)13(2)6-8-5-10(14(16)17)18-7-8/h5,7,9H,3-4,6H2,1-2H3. The molecule has 1 aliphatic heterocycles. The first-order chi connectivity index (χ1) is 8.49. The molecule has 0 bridgehead atoms. The zero-order chi connectivity index (χ0) is 13.3. The van der Waals surface area contributed by atoms with Crippen LogP contribution < -0.4 is 0 Å². The minimum Gasteiger partial charge on any atom is -0.344 e. The molecule has 0 aliphatic carbocycles. The molecule has 1 atom stereocenters. The number of carbonyl (C=O) groups excluding carboxylic acids is 1. The van der Waals surface area contributed by atoms with Gasteiger partial charge in [-0.15, -0.1) is 0 Å². The highest BCUT2D eigenvalue weighted by Crippen LogP contribution is 2.24. The normalized spacial score (nSPS) is 19.8. The Morgan fingerprint density at radius 3 is 2.89 bits per heavy atom. The summed E-state index contributed by atoms with van der Waals surface area (Å²) in [6.07, 6.45) is 0.818. The van der Waals surface area contributed by atoms with Gasteiger partial charge in [-0.1, -0.05) is 11.3 Å². The monoisotopic (exact) mass is 269 g/mol. The molecule has 0 radical (unpaired) electrons. The maximum atomic E-state index is 11.8. The molecule has 98 valence electrons. The third kappa shape index (κ3) is 2.51. The highest BCUT2D eigenvalue weighted by atomic mass is 32.1. The Kier molecular flexibility index (Phi) is 3.63. The quantitative estimate of drug-likeness (QED) is 0.610. The van der Waals surface area contributed by atoms with Crippen molar-refractivity contribution < 1.29 is 9.72 Å². The maximum absolute atomic E-state index is 11.8. The van der Waals surface area contributed by atoms with E-state index in [2.05, 4.69) is 0 Å². The Bertz CT molecular complexity index is 474. The van der Waals surface area contributed by atoms with Crippen molar-refractivity contribution in [2.24, 2.45) is 0 Å². The summed E-state index contributed by atoms with van der Waals surface area (Å²) in [7, 11) is 3.68. The summed E-state index contributed by atoms with van der Waals surface area (Å²) < 4.78 is 0. The van der Waals surface area contributed by atoms with Crippen LogP contribution in [0.4, 0.5) is 5.00 Å². The van der Waals surface area contributed by atoms with Gasteiger partial charge in [0, 0.05) is 31.6 Å². The maximum Gasteiger partial charge on any atom is 0.324 e. The smallest absolute Gasteiger partial charge is 0.324 e. The number of hydrogen-bond donors (Lipinski definition) is 0. The number of nitro groups is 1. The van der Waals surface area contributed by atoms with Crippen molar-refractivity contribution in [2.45, 2.75) is 19.0 Å². The van der Waals surface area contributed by atoms with Crippen molar-refractivity contribution in [3.05, 3.63) is 27.1 Å². The van der Waals surface area contributed by atoms with E-state index < -0.39 is 0 Å². The van der Waals surface area contributed by atoms with Gasteiger partial charge in [-0.3, -0.25) is 19.8 Å². The molecule has 1 aromatic rings. The molecular weight excluding hydrogens is 254 g/mol. The summed E-state index contributed by atoms with van der Waals surface area (Å²) in [5, 5.41) is 12.5. The van der Waals surface area contributed by atoms with Crippen molar-refractivity contribution in [3.63, 3.8) is 0 Å². The average Bonchev–Trinajstić information content (AvgIpc) is 2.88. The van der Waals surface area contributed by atoms with Crippen molar-refractivity contribution in [3.8, 4) is 0 Å². The molecule has 18 heavy (non-hydrogen) atoms. The third-order valence-electron chi connectivity index (χ3n) is 3.18. The van der Waals surface area contributed by atoms with Crippen LogP contribution >= 0.6 is 11.3 Å². The van der Waals surface area contributed by atoms with Crippen LogP contribution in [0.3, 0.4) is 0 Å². The van der Waals surface area contributed by atoms with E-state index >= 15 is 0 Å². The van der Waals surface area contributed by atoms with Gasteiger partial charge < -0.3 is 4.90 Å². The van der Waals surface area contributed by atoms with Gasteiger partial charge in [0.05, 0.1) is 11.0 Å². The van der Waals surface area contributed by atoms with E-state index in [1.807, 2.05) is 11.9 Å². The number of amides is 1. The van der Waals surface area contributed by atoms with Gasteiger partial charge in [0.1, 0.15) is 0 Å². The largest absolute Gasteiger partial charge is 0.344 e. The van der Waals surface area contributed by atoms with E-state index in [1.165, 1.54) is 0 Å². The number of hydrogen-bond acceptors (Lipinski definition) is 5. The number of likely N-dealkylation sites (tertiary alicyclic amines) is 1. The first-order valence-corrected chi connectivity index (χ1v) is 6.54. The lowest BCUT2D eigenvalue weighted by Gasteiger charge is -2.22. The van der Waals surface area contributed by atoms with Crippen LogP contribution in [0.2, 0.25) is 0 Å². The second kappa shape index (κ2) is 5.03. The van der Waals surface area contributed by atoms with Gasteiger partial charge in [0.15, 0.2) is 0 Å². The molecule has 0 saturated carbocycles. The Balaban J connectivity index is 2.00. The summed E-state index contributed by atoms with van der Waals surface area (Å²) in [6, 6.07) is 1.47. The Morgan fingerprint density at radius 1 is 1.67 bits per heavy atom. The van der Waals surface area contributed by atoms with E-state index in [1.54, 1.807) is 23.4 Å². The third-order valence-corrected chi connectivity index (χ3v) is 4.11. The minimum atomic E-state index is -0.386. The number of carbonyl (C=O) groups is 1.